The lowest BCUT2D eigenvalue weighted by Crippen LogP contribution is -2.43. The lowest BCUT2D eigenvalue weighted by molar-refractivity contribution is -0.149. The van der Waals surface area contributed by atoms with Crippen LogP contribution in [0.15, 0.2) is 0 Å². The first-order chi connectivity index (χ1) is 6.42. The smallest absolute Gasteiger partial charge is 0.326 e. The first kappa shape index (κ1) is 11.4. The Morgan fingerprint density at radius 3 is 2.71 bits per heavy atom. The van der Waals surface area contributed by atoms with Crippen LogP contribution in [0.1, 0.15) is 20.3 Å². The summed E-state index contributed by atoms with van der Waals surface area (Å²) < 4.78 is 0. The SMILES string of the molecule is CC(C(=O)O)N1CCC(C)(CS)C1=O. The van der Waals surface area contributed by atoms with Crippen LogP contribution in [0.5, 0.6) is 0 Å². The van der Waals surface area contributed by atoms with E-state index in [2.05, 4.69) is 12.6 Å². The van der Waals surface area contributed by atoms with E-state index in [-0.39, 0.29) is 5.91 Å². The molecule has 0 aromatic heterocycles. The minimum absolute atomic E-state index is 0.0950. The third-order valence-electron chi connectivity index (χ3n) is 2.86. The van der Waals surface area contributed by atoms with Gasteiger partial charge >= 0.3 is 5.97 Å². The van der Waals surface area contributed by atoms with Crippen LogP contribution in [0.2, 0.25) is 0 Å². The third-order valence-corrected chi connectivity index (χ3v) is 3.55. The molecule has 1 fully saturated rings. The van der Waals surface area contributed by atoms with Gasteiger partial charge in [-0.15, -0.1) is 0 Å². The maximum Gasteiger partial charge on any atom is 0.326 e. The van der Waals surface area contributed by atoms with E-state index in [1.54, 1.807) is 0 Å². The van der Waals surface area contributed by atoms with E-state index in [1.807, 2.05) is 6.92 Å². The molecule has 14 heavy (non-hydrogen) atoms. The highest BCUT2D eigenvalue weighted by atomic mass is 32.1. The van der Waals surface area contributed by atoms with Gasteiger partial charge in [-0.2, -0.15) is 12.6 Å². The number of hydrogen-bond acceptors (Lipinski definition) is 3. The van der Waals surface area contributed by atoms with Gasteiger partial charge in [-0.05, 0) is 20.3 Å². The van der Waals surface area contributed by atoms with E-state index >= 15 is 0 Å². The molecule has 1 aliphatic rings. The lowest BCUT2D eigenvalue weighted by Gasteiger charge is -2.24. The highest BCUT2D eigenvalue weighted by Gasteiger charge is 2.44. The molecule has 1 N–H and O–H groups in total. The number of amides is 1. The molecule has 2 atom stereocenters. The summed E-state index contributed by atoms with van der Waals surface area (Å²) in [7, 11) is 0. The maximum absolute atomic E-state index is 11.8. The van der Waals surface area contributed by atoms with Crippen LogP contribution in [-0.2, 0) is 9.59 Å². The van der Waals surface area contributed by atoms with Gasteiger partial charge in [0.05, 0.1) is 5.41 Å². The Kier molecular flexibility index (Phi) is 3.09. The summed E-state index contributed by atoms with van der Waals surface area (Å²) in [5.74, 6) is -0.585. The Morgan fingerprint density at radius 1 is 1.79 bits per heavy atom. The van der Waals surface area contributed by atoms with E-state index in [0.29, 0.717) is 18.7 Å². The Balaban J connectivity index is 2.79. The Morgan fingerprint density at radius 2 is 2.36 bits per heavy atom. The van der Waals surface area contributed by atoms with Crippen molar-refractivity contribution < 1.29 is 14.7 Å². The van der Waals surface area contributed by atoms with Gasteiger partial charge in [-0.3, -0.25) is 4.79 Å². The predicted octanol–water partition coefficient (Wildman–Crippen LogP) is 0.628. The number of carboxylic acid groups (broad SMARTS) is 1. The molecule has 4 nitrogen and oxygen atoms in total. The zero-order chi connectivity index (χ0) is 10.9. The van der Waals surface area contributed by atoms with Gasteiger partial charge in [-0.1, -0.05) is 0 Å². The molecule has 0 radical (unpaired) electrons. The van der Waals surface area contributed by atoms with Crippen molar-refractivity contribution in [1.29, 1.82) is 0 Å². The van der Waals surface area contributed by atoms with Gasteiger partial charge in [0.1, 0.15) is 6.04 Å². The predicted molar refractivity (Wildman–Crippen MR) is 55.4 cm³/mol. The van der Waals surface area contributed by atoms with Crippen molar-refractivity contribution in [3.05, 3.63) is 0 Å². The highest BCUT2D eigenvalue weighted by molar-refractivity contribution is 7.80. The zero-order valence-electron chi connectivity index (χ0n) is 8.36. The van der Waals surface area contributed by atoms with Crippen LogP contribution in [0.4, 0.5) is 0 Å². The zero-order valence-corrected chi connectivity index (χ0v) is 9.25. The number of rotatable bonds is 3. The Bertz CT molecular complexity index is 269. The summed E-state index contributed by atoms with van der Waals surface area (Å²) in [4.78, 5) is 24.0. The monoisotopic (exact) mass is 217 g/mol. The van der Waals surface area contributed by atoms with Crippen LogP contribution in [0.3, 0.4) is 0 Å². The molecule has 1 rings (SSSR count). The molecule has 1 heterocycles. The molecule has 5 heteroatoms. The number of carbonyl (C=O) groups is 2. The number of hydrogen-bond donors (Lipinski definition) is 2. The fourth-order valence-electron chi connectivity index (χ4n) is 1.57. The van der Waals surface area contributed by atoms with Crippen molar-refractivity contribution in [1.82, 2.24) is 4.90 Å². The molecular formula is C9H15NO3S. The van der Waals surface area contributed by atoms with Crippen molar-refractivity contribution in [2.45, 2.75) is 26.3 Å². The van der Waals surface area contributed by atoms with Crippen LogP contribution >= 0.6 is 12.6 Å². The van der Waals surface area contributed by atoms with Gasteiger partial charge in [0.15, 0.2) is 0 Å². The summed E-state index contributed by atoms with van der Waals surface area (Å²) in [6.45, 7) is 3.88. The first-order valence-electron chi connectivity index (χ1n) is 4.57. The Hall–Kier alpha value is -0.710. The first-order valence-corrected chi connectivity index (χ1v) is 5.20. The summed E-state index contributed by atoms with van der Waals surface area (Å²) in [6.07, 6.45) is 0.687. The summed E-state index contributed by atoms with van der Waals surface area (Å²) in [5, 5.41) is 8.79. The second-order valence-electron chi connectivity index (χ2n) is 3.98. The second kappa shape index (κ2) is 3.81. The van der Waals surface area contributed by atoms with Crippen LogP contribution in [0, 0.1) is 5.41 Å². The van der Waals surface area contributed by atoms with Crippen molar-refractivity contribution in [2.24, 2.45) is 5.41 Å². The molecule has 0 spiro atoms. The van der Waals surface area contributed by atoms with Crippen LogP contribution in [0.25, 0.3) is 0 Å². The average molecular weight is 217 g/mol. The number of carbonyl (C=O) groups excluding carboxylic acids is 1. The molecule has 1 amide bonds. The van der Waals surface area contributed by atoms with E-state index in [4.69, 9.17) is 5.11 Å². The third kappa shape index (κ3) is 1.73. The number of likely N-dealkylation sites (tertiary alicyclic amines) is 1. The lowest BCUT2D eigenvalue weighted by atomic mass is 9.92. The molecule has 0 aliphatic carbocycles. The molecule has 80 valence electrons. The van der Waals surface area contributed by atoms with Crippen molar-refractivity contribution in [2.75, 3.05) is 12.3 Å². The van der Waals surface area contributed by atoms with E-state index in [1.165, 1.54) is 11.8 Å². The fraction of sp³-hybridized carbons (Fsp3) is 0.778. The average Bonchev–Trinajstić information content (AvgIpc) is 2.44. The van der Waals surface area contributed by atoms with E-state index in [9.17, 15) is 9.59 Å². The quantitative estimate of drug-likeness (QED) is 0.682. The minimum atomic E-state index is -0.957. The van der Waals surface area contributed by atoms with Gasteiger partial charge < -0.3 is 10.0 Å². The molecule has 1 saturated heterocycles. The molecule has 0 aromatic rings. The van der Waals surface area contributed by atoms with Gasteiger partial charge in [0.25, 0.3) is 0 Å². The largest absolute Gasteiger partial charge is 0.480 e. The summed E-state index contributed by atoms with van der Waals surface area (Å²) in [6, 6.07) is -0.732. The van der Waals surface area contributed by atoms with Crippen molar-refractivity contribution in [3.8, 4) is 0 Å². The van der Waals surface area contributed by atoms with E-state index < -0.39 is 17.4 Å². The number of thiol groups is 1. The minimum Gasteiger partial charge on any atom is -0.480 e. The molecule has 0 aromatic carbocycles. The van der Waals surface area contributed by atoms with Crippen molar-refractivity contribution in [3.63, 3.8) is 0 Å². The maximum atomic E-state index is 11.8. The summed E-state index contributed by atoms with van der Waals surface area (Å²) >= 11 is 4.13. The van der Waals surface area contributed by atoms with Gasteiger partial charge in [0, 0.05) is 12.3 Å². The normalized spacial score (nSPS) is 29.4. The highest BCUT2D eigenvalue weighted by Crippen LogP contribution is 2.33. The molecule has 1 aliphatic heterocycles. The summed E-state index contributed by atoms with van der Waals surface area (Å²) in [5.41, 5.74) is -0.479. The fourth-order valence-corrected chi connectivity index (χ4v) is 1.87. The van der Waals surface area contributed by atoms with E-state index in [0.717, 1.165) is 0 Å². The number of carboxylic acids is 1. The molecule has 0 saturated carbocycles. The Labute approximate surface area is 88.7 Å². The topological polar surface area (TPSA) is 57.6 Å². The van der Waals surface area contributed by atoms with Gasteiger partial charge in [0.2, 0.25) is 5.91 Å². The molecule has 0 bridgehead atoms. The number of nitrogens with zero attached hydrogens (tertiary/aromatic N) is 1. The van der Waals surface area contributed by atoms with Crippen LogP contribution < -0.4 is 0 Å². The number of aliphatic carboxylic acids is 1. The molecule has 2 unspecified atom stereocenters. The standard InChI is InChI=1S/C9H15NO3S/c1-6(7(11)12)10-4-3-9(2,5-14)8(10)13/h6,14H,3-5H2,1-2H3,(H,11,12). The van der Waals surface area contributed by atoms with Crippen LogP contribution in [-0.4, -0.2) is 40.2 Å². The van der Waals surface area contributed by atoms with Gasteiger partial charge in [-0.25, -0.2) is 4.79 Å². The molecular weight excluding hydrogens is 202 g/mol. The second-order valence-corrected chi connectivity index (χ2v) is 4.30. The van der Waals surface area contributed by atoms with Crippen molar-refractivity contribution >= 4 is 24.5 Å².